The number of imidazole rings is 1. The van der Waals surface area contributed by atoms with Gasteiger partial charge in [0.1, 0.15) is 5.82 Å². The molecule has 100 valence electrons. The molecule has 0 amide bonds. The van der Waals surface area contributed by atoms with Gasteiger partial charge in [0.2, 0.25) is 0 Å². The van der Waals surface area contributed by atoms with Crippen LogP contribution in [0.4, 0.5) is 5.69 Å². The van der Waals surface area contributed by atoms with Crippen molar-refractivity contribution in [2.24, 2.45) is 0 Å². The summed E-state index contributed by atoms with van der Waals surface area (Å²) in [6.07, 6.45) is 2.09. The van der Waals surface area contributed by atoms with E-state index in [-0.39, 0.29) is 0 Å². The molecule has 0 aliphatic rings. The van der Waals surface area contributed by atoms with Gasteiger partial charge in [-0.25, -0.2) is 4.98 Å². The highest BCUT2D eigenvalue weighted by molar-refractivity contribution is 5.61. The molecule has 2 aromatic carbocycles. The van der Waals surface area contributed by atoms with Crippen molar-refractivity contribution in [3.8, 4) is 11.3 Å². The van der Waals surface area contributed by atoms with Crippen LogP contribution in [0.1, 0.15) is 11.4 Å². The fourth-order valence-corrected chi connectivity index (χ4v) is 2.24. The molecule has 0 aliphatic carbocycles. The van der Waals surface area contributed by atoms with E-state index in [0.29, 0.717) is 0 Å². The molecule has 1 heterocycles. The minimum absolute atomic E-state index is 0.772. The van der Waals surface area contributed by atoms with Gasteiger partial charge in [-0.1, -0.05) is 42.5 Å². The van der Waals surface area contributed by atoms with Crippen molar-refractivity contribution >= 4 is 5.69 Å². The molecular formula is C17H17N3. The molecule has 20 heavy (non-hydrogen) atoms. The van der Waals surface area contributed by atoms with Gasteiger partial charge >= 0.3 is 0 Å². The maximum atomic E-state index is 5.72. The number of benzene rings is 2. The smallest absolute Gasteiger partial charge is 0.106 e. The molecule has 0 atom stereocenters. The minimum Gasteiger partial charge on any atom is -0.399 e. The Morgan fingerprint density at radius 1 is 1.00 bits per heavy atom. The molecule has 0 spiro atoms. The van der Waals surface area contributed by atoms with Crippen molar-refractivity contribution in [1.29, 1.82) is 0 Å². The van der Waals surface area contributed by atoms with Gasteiger partial charge in [-0.15, -0.1) is 0 Å². The minimum atomic E-state index is 0.772. The fourth-order valence-electron chi connectivity index (χ4n) is 2.24. The Bertz CT molecular complexity index is 697. The van der Waals surface area contributed by atoms with Crippen molar-refractivity contribution in [1.82, 2.24) is 9.55 Å². The fraction of sp³-hybridized carbons (Fsp3) is 0.118. The molecule has 3 nitrogen and oxygen atoms in total. The van der Waals surface area contributed by atoms with Crippen LogP contribution in [0.5, 0.6) is 0 Å². The van der Waals surface area contributed by atoms with E-state index in [1.54, 1.807) is 0 Å². The lowest BCUT2D eigenvalue weighted by molar-refractivity contribution is 0.762. The van der Waals surface area contributed by atoms with Crippen molar-refractivity contribution in [2.45, 2.75) is 13.5 Å². The van der Waals surface area contributed by atoms with E-state index in [1.807, 2.05) is 37.3 Å². The normalized spacial score (nSPS) is 10.7. The number of nitrogens with zero attached hydrogens (tertiary/aromatic N) is 2. The van der Waals surface area contributed by atoms with E-state index >= 15 is 0 Å². The lowest BCUT2D eigenvalue weighted by atomic mass is 10.1. The first-order valence-electron chi connectivity index (χ1n) is 6.66. The summed E-state index contributed by atoms with van der Waals surface area (Å²) in [6.45, 7) is 2.87. The Labute approximate surface area is 118 Å². The van der Waals surface area contributed by atoms with Crippen LogP contribution in [0, 0.1) is 6.92 Å². The highest BCUT2D eigenvalue weighted by Crippen LogP contribution is 2.20. The molecule has 0 unspecified atom stereocenters. The first-order valence-corrected chi connectivity index (χ1v) is 6.66. The van der Waals surface area contributed by atoms with Gasteiger partial charge in [-0.05, 0) is 24.6 Å². The number of hydrogen-bond acceptors (Lipinski definition) is 2. The standard InChI is InChI=1S/C17H17N3/c1-13-19-17(15-7-9-16(18)10-8-15)12-20(13)11-14-5-3-2-4-6-14/h2-10,12H,11,18H2,1H3. The number of nitrogen functional groups attached to an aromatic ring is 1. The third-order valence-electron chi connectivity index (χ3n) is 3.38. The molecule has 0 bridgehead atoms. The van der Waals surface area contributed by atoms with E-state index in [2.05, 4.69) is 40.0 Å². The Kier molecular flexibility index (Phi) is 3.25. The molecule has 3 rings (SSSR count). The molecule has 3 heteroatoms. The van der Waals surface area contributed by atoms with Crippen molar-refractivity contribution < 1.29 is 0 Å². The van der Waals surface area contributed by atoms with E-state index in [0.717, 1.165) is 29.3 Å². The van der Waals surface area contributed by atoms with Crippen molar-refractivity contribution in [3.63, 3.8) is 0 Å². The average Bonchev–Trinajstić information content (AvgIpc) is 2.82. The van der Waals surface area contributed by atoms with Crippen LogP contribution in [-0.2, 0) is 6.54 Å². The largest absolute Gasteiger partial charge is 0.399 e. The molecule has 0 saturated carbocycles. The quantitative estimate of drug-likeness (QED) is 0.735. The zero-order valence-electron chi connectivity index (χ0n) is 11.5. The zero-order valence-corrected chi connectivity index (χ0v) is 11.5. The topological polar surface area (TPSA) is 43.8 Å². The number of aromatic nitrogens is 2. The second kappa shape index (κ2) is 5.21. The third-order valence-corrected chi connectivity index (χ3v) is 3.38. The Hall–Kier alpha value is -2.55. The zero-order chi connectivity index (χ0) is 13.9. The predicted octanol–water partition coefficient (Wildman–Crippen LogP) is 3.49. The van der Waals surface area contributed by atoms with Crippen molar-refractivity contribution in [3.05, 3.63) is 72.2 Å². The van der Waals surface area contributed by atoms with E-state index < -0.39 is 0 Å². The first-order chi connectivity index (χ1) is 9.72. The molecule has 2 N–H and O–H groups in total. The van der Waals surface area contributed by atoms with Crippen LogP contribution in [-0.4, -0.2) is 9.55 Å². The van der Waals surface area contributed by atoms with Gasteiger partial charge in [0.05, 0.1) is 5.69 Å². The first kappa shape index (κ1) is 12.5. The molecular weight excluding hydrogens is 246 g/mol. The van der Waals surface area contributed by atoms with Gasteiger partial charge in [0, 0.05) is 24.0 Å². The van der Waals surface area contributed by atoms with Crippen molar-refractivity contribution in [2.75, 3.05) is 5.73 Å². The van der Waals surface area contributed by atoms with Crippen LogP contribution in [0.25, 0.3) is 11.3 Å². The number of rotatable bonds is 3. The third kappa shape index (κ3) is 2.57. The summed E-state index contributed by atoms with van der Waals surface area (Å²) in [5, 5.41) is 0. The van der Waals surface area contributed by atoms with Crippen LogP contribution in [0.15, 0.2) is 60.8 Å². The lowest BCUT2D eigenvalue weighted by Gasteiger charge is -2.04. The molecule has 0 radical (unpaired) electrons. The maximum Gasteiger partial charge on any atom is 0.106 e. The highest BCUT2D eigenvalue weighted by Gasteiger charge is 2.06. The van der Waals surface area contributed by atoms with E-state index in [9.17, 15) is 0 Å². The average molecular weight is 263 g/mol. The Morgan fingerprint density at radius 3 is 2.40 bits per heavy atom. The second-order valence-corrected chi connectivity index (χ2v) is 4.91. The second-order valence-electron chi connectivity index (χ2n) is 4.91. The number of aryl methyl sites for hydroxylation is 1. The monoisotopic (exact) mass is 263 g/mol. The van der Waals surface area contributed by atoms with Gasteiger partial charge in [-0.2, -0.15) is 0 Å². The number of anilines is 1. The van der Waals surface area contributed by atoms with Crippen LogP contribution < -0.4 is 5.73 Å². The molecule has 1 aromatic heterocycles. The van der Waals surface area contributed by atoms with Crippen LogP contribution >= 0.6 is 0 Å². The summed E-state index contributed by atoms with van der Waals surface area (Å²) >= 11 is 0. The van der Waals surface area contributed by atoms with Gasteiger partial charge in [0.25, 0.3) is 0 Å². The van der Waals surface area contributed by atoms with E-state index in [4.69, 9.17) is 5.73 Å². The predicted molar refractivity (Wildman–Crippen MR) is 82.4 cm³/mol. The van der Waals surface area contributed by atoms with Gasteiger partial charge in [0.15, 0.2) is 0 Å². The molecule has 0 fully saturated rings. The van der Waals surface area contributed by atoms with Crippen LogP contribution in [0.3, 0.4) is 0 Å². The van der Waals surface area contributed by atoms with Crippen LogP contribution in [0.2, 0.25) is 0 Å². The summed E-state index contributed by atoms with van der Waals surface area (Å²) in [7, 11) is 0. The summed E-state index contributed by atoms with van der Waals surface area (Å²) in [4.78, 5) is 4.63. The lowest BCUT2D eigenvalue weighted by Crippen LogP contribution is -2.00. The number of hydrogen-bond donors (Lipinski definition) is 1. The Morgan fingerprint density at radius 2 is 1.70 bits per heavy atom. The SMILES string of the molecule is Cc1nc(-c2ccc(N)cc2)cn1Cc1ccccc1. The summed E-state index contributed by atoms with van der Waals surface area (Å²) < 4.78 is 2.17. The van der Waals surface area contributed by atoms with Gasteiger partial charge < -0.3 is 10.3 Å². The summed E-state index contributed by atoms with van der Waals surface area (Å²) in [6, 6.07) is 18.2. The highest BCUT2D eigenvalue weighted by atomic mass is 15.1. The van der Waals surface area contributed by atoms with E-state index in [1.165, 1.54) is 5.56 Å². The number of nitrogens with two attached hydrogens (primary N) is 1. The molecule has 3 aromatic rings. The van der Waals surface area contributed by atoms with Gasteiger partial charge in [-0.3, -0.25) is 0 Å². The summed E-state index contributed by atoms with van der Waals surface area (Å²) in [5.41, 5.74) is 9.84. The maximum absolute atomic E-state index is 5.72. The molecule has 0 saturated heterocycles. The summed E-state index contributed by atoms with van der Waals surface area (Å²) in [5.74, 6) is 1.01. The molecule has 0 aliphatic heterocycles. The Balaban J connectivity index is 1.89.